The number of amides is 2. The summed E-state index contributed by atoms with van der Waals surface area (Å²) in [6.45, 7) is 1.77. The van der Waals surface area contributed by atoms with Gasteiger partial charge in [-0.25, -0.2) is 0 Å². The molecule has 4 rings (SSSR count). The third-order valence-electron chi connectivity index (χ3n) is 7.52. The number of carbonyl (C=O) groups is 2. The van der Waals surface area contributed by atoms with E-state index in [4.69, 9.17) is 5.73 Å². The van der Waals surface area contributed by atoms with Crippen LogP contribution in [0, 0.1) is 23.7 Å². The molecule has 3 N–H and O–H groups in total. The maximum Gasteiger partial charge on any atom is 0.226 e. The number of carbonyl (C=O) groups excluding carboxylic acids is 2. The first-order chi connectivity index (χ1) is 12.6. The minimum Gasteiger partial charge on any atom is -0.353 e. The molecule has 0 radical (unpaired) electrons. The molecule has 1 saturated heterocycles. The number of likely N-dealkylation sites (tertiary alicyclic amines) is 1. The fourth-order valence-electron chi connectivity index (χ4n) is 6.21. The Labute approximate surface area is 157 Å². The molecule has 3 saturated carbocycles. The maximum absolute atomic E-state index is 13.2. The van der Waals surface area contributed by atoms with Crippen LogP contribution in [0.5, 0.6) is 0 Å². The summed E-state index contributed by atoms with van der Waals surface area (Å²) in [6.07, 6.45) is 11.9. The molecule has 2 amide bonds. The summed E-state index contributed by atoms with van der Waals surface area (Å²) in [5, 5.41) is 3.42. The Bertz CT molecular complexity index is 517. The van der Waals surface area contributed by atoms with Crippen molar-refractivity contribution in [1.82, 2.24) is 10.2 Å². The van der Waals surface area contributed by atoms with Crippen LogP contribution < -0.4 is 11.1 Å². The lowest BCUT2D eigenvalue weighted by molar-refractivity contribution is -0.143. The zero-order chi connectivity index (χ0) is 18.1. The summed E-state index contributed by atoms with van der Waals surface area (Å²) in [5.41, 5.74) is 6.23. The van der Waals surface area contributed by atoms with Crippen molar-refractivity contribution >= 4 is 11.8 Å². The molecule has 5 heteroatoms. The highest BCUT2D eigenvalue weighted by atomic mass is 16.2. The molecule has 26 heavy (non-hydrogen) atoms. The average Bonchev–Trinajstić information content (AvgIpc) is 3.16. The Balaban J connectivity index is 1.43. The van der Waals surface area contributed by atoms with Crippen LogP contribution >= 0.6 is 0 Å². The molecule has 0 aromatic rings. The van der Waals surface area contributed by atoms with E-state index in [0.29, 0.717) is 23.9 Å². The van der Waals surface area contributed by atoms with Crippen LogP contribution in [-0.2, 0) is 9.59 Å². The second kappa shape index (κ2) is 7.87. The standard InChI is InChI=1S/C21H35N3O2/c22-16-12-14-6-5-7-15(13-16)19(14)23-20(25)17-8-1-2-9-18(17)21(26)24-10-3-4-11-24/h14-19H,1-13,22H2,(H,23,25). The third kappa shape index (κ3) is 3.64. The van der Waals surface area contributed by atoms with Crippen LogP contribution in [0.15, 0.2) is 0 Å². The second-order valence-corrected chi connectivity index (χ2v) is 9.25. The van der Waals surface area contributed by atoms with Crippen molar-refractivity contribution in [3.8, 4) is 0 Å². The van der Waals surface area contributed by atoms with Crippen molar-refractivity contribution in [3.05, 3.63) is 0 Å². The molecule has 4 unspecified atom stereocenters. The number of hydrogen-bond acceptors (Lipinski definition) is 3. The number of hydrogen-bond donors (Lipinski definition) is 2. The van der Waals surface area contributed by atoms with E-state index in [1.165, 1.54) is 19.3 Å². The van der Waals surface area contributed by atoms with E-state index in [-0.39, 0.29) is 23.7 Å². The summed E-state index contributed by atoms with van der Waals surface area (Å²) < 4.78 is 0. The highest BCUT2D eigenvalue weighted by molar-refractivity contribution is 5.88. The van der Waals surface area contributed by atoms with Crippen LogP contribution in [0.2, 0.25) is 0 Å². The predicted octanol–water partition coefficient (Wildman–Crippen LogP) is 2.44. The minimum atomic E-state index is -0.117. The summed E-state index contributed by atoms with van der Waals surface area (Å²) in [5.74, 6) is 1.27. The van der Waals surface area contributed by atoms with Gasteiger partial charge >= 0.3 is 0 Å². The Morgan fingerprint density at radius 2 is 1.42 bits per heavy atom. The number of rotatable bonds is 3. The number of fused-ring (bicyclic) bond motifs is 2. The van der Waals surface area contributed by atoms with Gasteiger partial charge < -0.3 is 16.0 Å². The van der Waals surface area contributed by atoms with Crippen molar-refractivity contribution in [1.29, 1.82) is 0 Å². The van der Waals surface area contributed by atoms with Gasteiger partial charge in [0.15, 0.2) is 0 Å². The second-order valence-electron chi connectivity index (χ2n) is 9.25. The normalized spacial score (nSPS) is 40.3. The first-order valence-corrected chi connectivity index (χ1v) is 11.0. The molecule has 4 atom stereocenters. The van der Waals surface area contributed by atoms with Crippen LogP contribution in [-0.4, -0.2) is 41.9 Å². The number of nitrogens with one attached hydrogen (secondary N) is 1. The van der Waals surface area contributed by atoms with Crippen LogP contribution in [0.25, 0.3) is 0 Å². The molecular weight excluding hydrogens is 326 g/mol. The van der Waals surface area contributed by atoms with Gasteiger partial charge in [0.1, 0.15) is 0 Å². The van der Waals surface area contributed by atoms with E-state index in [9.17, 15) is 9.59 Å². The highest BCUT2D eigenvalue weighted by Crippen LogP contribution is 2.40. The van der Waals surface area contributed by atoms with Gasteiger partial charge in [0, 0.05) is 37.0 Å². The quantitative estimate of drug-likeness (QED) is 0.811. The lowest BCUT2D eigenvalue weighted by Gasteiger charge is -2.46. The van der Waals surface area contributed by atoms with Crippen LogP contribution in [0.3, 0.4) is 0 Å². The van der Waals surface area contributed by atoms with Gasteiger partial charge in [-0.2, -0.15) is 0 Å². The molecule has 4 aliphatic rings. The molecule has 0 aromatic carbocycles. The first-order valence-electron chi connectivity index (χ1n) is 11.0. The summed E-state index contributed by atoms with van der Waals surface area (Å²) >= 11 is 0. The fraction of sp³-hybridized carbons (Fsp3) is 0.905. The van der Waals surface area contributed by atoms with Gasteiger partial charge in [-0.1, -0.05) is 19.3 Å². The Morgan fingerprint density at radius 3 is 2.08 bits per heavy atom. The first kappa shape index (κ1) is 18.3. The van der Waals surface area contributed by atoms with Gasteiger partial charge in [-0.3, -0.25) is 9.59 Å². The molecule has 2 bridgehead atoms. The lowest BCUT2D eigenvalue weighted by atomic mass is 9.66. The van der Waals surface area contributed by atoms with E-state index in [2.05, 4.69) is 5.32 Å². The predicted molar refractivity (Wildman–Crippen MR) is 101 cm³/mol. The highest BCUT2D eigenvalue weighted by Gasteiger charge is 2.43. The molecule has 4 fully saturated rings. The van der Waals surface area contributed by atoms with E-state index in [0.717, 1.165) is 64.5 Å². The van der Waals surface area contributed by atoms with Crippen LogP contribution in [0.4, 0.5) is 0 Å². The number of nitrogens with zero attached hydrogens (tertiary/aromatic N) is 1. The molecule has 0 aromatic heterocycles. The SMILES string of the molecule is NC1CC2CCCC(C1)C2NC(=O)C1CCCCC1C(=O)N1CCCC1. The molecule has 5 nitrogen and oxygen atoms in total. The van der Waals surface area contributed by atoms with Gasteiger partial charge in [0.25, 0.3) is 0 Å². The average molecular weight is 362 g/mol. The fourth-order valence-corrected chi connectivity index (χ4v) is 6.21. The van der Waals surface area contributed by atoms with Gasteiger partial charge in [-0.05, 0) is 63.2 Å². The number of nitrogens with two attached hydrogens (primary N) is 1. The molecule has 146 valence electrons. The van der Waals surface area contributed by atoms with Crippen molar-refractivity contribution < 1.29 is 9.59 Å². The van der Waals surface area contributed by atoms with Crippen LogP contribution in [0.1, 0.15) is 70.6 Å². The summed E-state index contributed by atoms with van der Waals surface area (Å²) in [4.78, 5) is 28.2. The van der Waals surface area contributed by atoms with Crippen molar-refractivity contribution in [2.45, 2.75) is 82.7 Å². The molecule has 1 heterocycles. The minimum absolute atomic E-state index is 0.0902. The van der Waals surface area contributed by atoms with Crippen molar-refractivity contribution in [3.63, 3.8) is 0 Å². The van der Waals surface area contributed by atoms with Gasteiger partial charge in [0.2, 0.25) is 11.8 Å². The zero-order valence-electron chi connectivity index (χ0n) is 16.0. The maximum atomic E-state index is 13.2. The smallest absolute Gasteiger partial charge is 0.226 e. The molecule has 1 aliphatic heterocycles. The van der Waals surface area contributed by atoms with E-state index < -0.39 is 0 Å². The lowest BCUT2D eigenvalue weighted by Crippen LogP contribution is -2.56. The molecule has 3 aliphatic carbocycles. The molecule has 0 spiro atoms. The topological polar surface area (TPSA) is 75.4 Å². The third-order valence-corrected chi connectivity index (χ3v) is 7.52. The summed E-state index contributed by atoms with van der Waals surface area (Å²) in [6, 6.07) is 0.596. The zero-order valence-corrected chi connectivity index (χ0v) is 16.0. The van der Waals surface area contributed by atoms with Gasteiger partial charge in [-0.15, -0.1) is 0 Å². The molecular formula is C21H35N3O2. The van der Waals surface area contributed by atoms with Crippen molar-refractivity contribution in [2.75, 3.05) is 13.1 Å². The monoisotopic (exact) mass is 361 g/mol. The van der Waals surface area contributed by atoms with Crippen molar-refractivity contribution in [2.24, 2.45) is 29.4 Å². The van der Waals surface area contributed by atoms with Gasteiger partial charge in [0.05, 0.1) is 0 Å². The van der Waals surface area contributed by atoms with E-state index >= 15 is 0 Å². The summed E-state index contributed by atoms with van der Waals surface area (Å²) in [7, 11) is 0. The Morgan fingerprint density at radius 1 is 0.808 bits per heavy atom. The van der Waals surface area contributed by atoms with E-state index in [1.807, 2.05) is 4.90 Å². The largest absolute Gasteiger partial charge is 0.353 e. The van der Waals surface area contributed by atoms with E-state index in [1.54, 1.807) is 0 Å². The Hall–Kier alpha value is -1.10. The Kier molecular flexibility index (Phi) is 5.53.